The van der Waals surface area contributed by atoms with Crippen LogP contribution in [0.4, 0.5) is 5.95 Å². The molecule has 0 aliphatic carbocycles. The number of aromatic nitrogens is 4. The highest BCUT2D eigenvalue weighted by Gasteiger charge is 2.18. The van der Waals surface area contributed by atoms with E-state index < -0.39 is 0 Å². The summed E-state index contributed by atoms with van der Waals surface area (Å²) < 4.78 is 8.24. The molecular formula is C21H21N5OS. The molecule has 1 fully saturated rings. The van der Waals surface area contributed by atoms with Gasteiger partial charge in [-0.25, -0.2) is 4.98 Å². The Bertz CT molecular complexity index is 1080. The molecule has 142 valence electrons. The topological polar surface area (TPSA) is 59.0 Å². The summed E-state index contributed by atoms with van der Waals surface area (Å²) in [5, 5.41) is 6.96. The average Bonchev–Trinajstić information content (AvgIpc) is 3.38. The molecule has 3 heterocycles. The van der Waals surface area contributed by atoms with Crippen molar-refractivity contribution in [3.63, 3.8) is 0 Å². The van der Waals surface area contributed by atoms with Crippen molar-refractivity contribution in [2.75, 3.05) is 29.5 Å². The second-order valence-electron chi connectivity index (χ2n) is 6.82. The minimum absolute atomic E-state index is 0.792. The third-order valence-electron chi connectivity index (χ3n) is 5.02. The summed E-state index contributed by atoms with van der Waals surface area (Å²) in [4.78, 5) is 7.24. The molecule has 0 amide bonds. The van der Waals surface area contributed by atoms with Crippen molar-refractivity contribution in [3.8, 4) is 22.8 Å². The van der Waals surface area contributed by atoms with Crippen LogP contribution in [0.15, 0.2) is 54.7 Å². The second kappa shape index (κ2) is 7.24. The monoisotopic (exact) mass is 391 g/mol. The predicted octanol–water partition coefficient (Wildman–Crippen LogP) is 4.31. The second-order valence-corrected chi connectivity index (χ2v) is 8.04. The highest BCUT2D eigenvalue weighted by atomic mass is 32.2. The number of aryl methyl sites for hydroxylation is 1. The van der Waals surface area contributed by atoms with Crippen LogP contribution in [0.5, 0.6) is 11.5 Å². The van der Waals surface area contributed by atoms with E-state index in [1.165, 1.54) is 0 Å². The first-order valence-electron chi connectivity index (χ1n) is 9.35. The number of anilines is 1. The zero-order valence-electron chi connectivity index (χ0n) is 15.6. The van der Waals surface area contributed by atoms with E-state index in [0.717, 1.165) is 64.3 Å². The average molecular weight is 392 g/mol. The van der Waals surface area contributed by atoms with Crippen LogP contribution >= 0.6 is 11.8 Å². The molecule has 2 aromatic heterocycles. The van der Waals surface area contributed by atoms with Gasteiger partial charge < -0.3 is 14.2 Å². The van der Waals surface area contributed by atoms with Crippen molar-refractivity contribution >= 4 is 28.7 Å². The van der Waals surface area contributed by atoms with E-state index in [0.29, 0.717) is 0 Å². The van der Waals surface area contributed by atoms with Gasteiger partial charge in [-0.15, -0.1) is 0 Å². The Morgan fingerprint density at radius 2 is 1.79 bits per heavy atom. The highest BCUT2D eigenvalue weighted by molar-refractivity contribution is 7.99. The van der Waals surface area contributed by atoms with Crippen molar-refractivity contribution in [2.45, 2.75) is 0 Å². The summed E-state index contributed by atoms with van der Waals surface area (Å²) in [5.41, 5.74) is 4.15. The normalized spacial score (nSPS) is 14.5. The molecule has 1 aliphatic rings. The first kappa shape index (κ1) is 17.2. The molecule has 0 atom stereocenters. The first-order valence-corrected chi connectivity index (χ1v) is 10.5. The number of aromatic amines is 1. The van der Waals surface area contributed by atoms with E-state index in [9.17, 15) is 0 Å². The van der Waals surface area contributed by atoms with Gasteiger partial charge in [0.25, 0.3) is 0 Å². The smallest absolute Gasteiger partial charge is 0.206 e. The van der Waals surface area contributed by atoms with Crippen molar-refractivity contribution in [2.24, 2.45) is 7.05 Å². The molecule has 0 unspecified atom stereocenters. The predicted molar refractivity (Wildman–Crippen MR) is 114 cm³/mol. The first-order chi connectivity index (χ1) is 13.8. The summed E-state index contributed by atoms with van der Waals surface area (Å²) in [6.07, 6.45) is 1.75. The van der Waals surface area contributed by atoms with Gasteiger partial charge in [-0.05, 0) is 48.0 Å². The van der Waals surface area contributed by atoms with E-state index in [1.54, 1.807) is 6.20 Å². The quantitative estimate of drug-likeness (QED) is 0.562. The Morgan fingerprint density at radius 1 is 1.00 bits per heavy atom. The molecule has 0 spiro atoms. The Labute approximate surface area is 167 Å². The zero-order chi connectivity index (χ0) is 18.9. The number of hydrogen-bond donors (Lipinski definition) is 1. The van der Waals surface area contributed by atoms with E-state index in [4.69, 9.17) is 9.72 Å². The van der Waals surface area contributed by atoms with Crippen LogP contribution in [0.3, 0.4) is 0 Å². The lowest BCUT2D eigenvalue weighted by Gasteiger charge is -2.27. The summed E-state index contributed by atoms with van der Waals surface area (Å²) in [6, 6.07) is 16.0. The van der Waals surface area contributed by atoms with Crippen LogP contribution in [0.2, 0.25) is 0 Å². The van der Waals surface area contributed by atoms with Crippen LogP contribution in [0.1, 0.15) is 0 Å². The van der Waals surface area contributed by atoms with Gasteiger partial charge in [-0.3, -0.25) is 5.10 Å². The van der Waals surface area contributed by atoms with Crippen molar-refractivity contribution < 1.29 is 4.74 Å². The SMILES string of the molecule is Cn1c(N2CCSCC2)nc2cc(Oc3ccc(-c4ccn[nH]4)cc3)ccc21. The van der Waals surface area contributed by atoms with Gasteiger partial charge in [0.2, 0.25) is 5.95 Å². The molecule has 7 heteroatoms. The third-order valence-corrected chi connectivity index (χ3v) is 5.97. The fraction of sp³-hybridized carbons (Fsp3) is 0.238. The number of ether oxygens (including phenoxy) is 1. The van der Waals surface area contributed by atoms with Crippen molar-refractivity contribution in [3.05, 3.63) is 54.7 Å². The zero-order valence-corrected chi connectivity index (χ0v) is 16.4. The number of rotatable bonds is 4. The molecule has 6 nitrogen and oxygen atoms in total. The molecule has 1 saturated heterocycles. The van der Waals surface area contributed by atoms with Crippen LogP contribution in [-0.2, 0) is 7.05 Å². The number of imidazole rings is 1. The Balaban J connectivity index is 1.39. The van der Waals surface area contributed by atoms with Crippen LogP contribution in [0, 0.1) is 0 Å². The molecular weight excluding hydrogens is 370 g/mol. The number of nitrogens with zero attached hydrogens (tertiary/aromatic N) is 4. The van der Waals surface area contributed by atoms with Gasteiger partial charge in [-0.1, -0.05) is 0 Å². The molecule has 1 N–H and O–H groups in total. The number of nitrogens with one attached hydrogen (secondary N) is 1. The van der Waals surface area contributed by atoms with Crippen LogP contribution in [-0.4, -0.2) is 44.3 Å². The Kier molecular flexibility index (Phi) is 4.44. The van der Waals surface area contributed by atoms with Crippen LogP contribution < -0.4 is 9.64 Å². The lowest BCUT2D eigenvalue weighted by Crippen LogP contribution is -2.34. The number of fused-ring (bicyclic) bond motifs is 1. The maximum atomic E-state index is 6.06. The third kappa shape index (κ3) is 3.22. The fourth-order valence-corrected chi connectivity index (χ4v) is 4.43. The van der Waals surface area contributed by atoms with Crippen LogP contribution in [0.25, 0.3) is 22.3 Å². The number of H-pyrrole nitrogens is 1. The highest BCUT2D eigenvalue weighted by Crippen LogP contribution is 2.29. The Hall–Kier alpha value is -2.93. The van der Waals surface area contributed by atoms with Gasteiger partial charge in [-0.2, -0.15) is 16.9 Å². The van der Waals surface area contributed by atoms with Crippen molar-refractivity contribution in [1.29, 1.82) is 0 Å². The van der Waals surface area contributed by atoms with E-state index in [2.05, 4.69) is 32.8 Å². The van der Waals surface area contributed by atoms with E-state index >= 15 is 0 Å². The standard InChI is InChI=1S/C21H21N5OS/c1-25-20-7-6-17(14-19(20)23-21(25)26-10-12-28-13-11-26)27-16-4-2-15(3-5-16)18-8-9-22-24-18/h2-9,14H,10-13H2,1H3,(H,22,24). The molecule has 28 heavy (non-hydrogen) atoms. The largest absolute Gasteiger partial charge is 0.457 e. The summed E-state index contributed by atoms with van der Waals surface area (Å²) in [6.45, 7) is 2.10. The maximum Gasteiger partial charge on any atom is 0.206 e. The molecule has 0 radical (unpaired) electrons. The summed E-state index contributed by atoms with van der Waals surface area (Å²) in [7, 11) is 2.08. The maximum absolute atomic E-state index is 6.06. The van der Waals surface area contributed by atoms with Gasteiger partial charge in [0.05, 0.1) is 16.7 Å². The lowest BCUT2D eigenvalue weighted by atomic mass is 10.1. The summed E-state index contributed by atoms with van der Waals surface area (Å²) in [5.74, 6) is 4.95. The van der Waals surface area contributed by atoms with Gasteiger partial charge in [0.1, 0.15) is 11.5 Å². The number of thioether (sulfide) groups is 1. The van der Waals surface area contributed by atoms with E-state index in [1.807, 2.05) is 54.2 Å². The molecule has 5 rings (SSSR count). The fourth-order valence-electron chi connectivity index (χ4n) is 3.53. The minimum Gasteiger partial charge on any atom is -0.457 e. The molecule has 0 bridgehead atoms. The van der Waals surface area contributed by atoms with Gasteiger partial charge >= 0.3 is 0 Å². The molecule has 4 aromatic rings. The molecule has 2 aromatic carbocycles. The molecule has 1 aliphatic heterocycles. The number of benzene rings is 2. The van der Waals surface area contributed by atoms with Gasteiger partial charge in [0.15, 0.2) is 0 Å². The Morgan fingerprint density at radius 3 is 2.54 bits per heavy atom. The number of hydrogen-bond acceptors (Lipinski definition) is 5. The van der Waals surface area contributed by atoms with E-state index in [-0.39, 0.29) is 0 Å². The van der Waals surface area contributed by atoms with Crippen molar-refractivity contribution in [1.82, 2.24) is 19.7 Å². The minimum atomic E-state index is 0.792. The van der Waals surface area contributed by atoms with Gasteiger partial charge in [0, 0.05) is 43.9 Å². The lowest BCUT2D eigenvalue weighted by molar-refractivity contribution is 0.483. The molecule has 0 saturated carbocycles. The summed E-state index contributed by atoms with van der Waals surface area (Å²) >= 11 is 2.01.